The number of likely N-dealkylation sites (tertiary alicyclic amines) is 1. The van der Waals surface area contributed by atoms with Crippen LogP contribution in [0.3, 0.4) is 0 Å². The molecule has 2 saturated carbocycles. The fraction of sp³-hybridized carbons (Fsp3) is 0.682. The van der Waals surface area contributed by atoms with Gasteiger partial charge in [0.1, 0.15) is 5.82 Å². The van der Waals surface area contributed by atoms with Crippen molar-refractivity contribution in [2.24, 2.45) is 11.8 Å². The molecule has 1 heterocycles. The second kappa shape index (κ2) is 8.17. The second-order valence-electron chi connectivity index (χ2n) is 8.59. The lowest BCUT2D eigenvalue weighted by atomic mass is 9.91. The highest BCUT2D eigenvalue weighted by Gasteiger charge is 2.43. The van der Waals surface area contributed by atoms with Crippen molar-refractivity contribution < 1.29 is 9.18 Å². The number of anilines is 1. The summed E-state index contributed by atoms with van der Waals surface area (Å²) in [6.45, 7) is 4.85. The topological polar surface area (TPSA) is 35.6 Å². The lowest BCUT2D eigenvalue weighted by Gasteiger charge is -2.42. The molecule has 1 saturated heterocycles. The fourth-order valence-corrected chi connectivity index (χ4v) is 5.55. The summed E-state index contributed by atoms with van der Waals surface area (Å²) in [4.78, 5) is 17.4. The van der Waals surface area contributed by atoms with Crippen molar-refractivity contribution in [2.45, 2.75) is 64.0 Å². The zero-order valence-corrected chi connectivity index (χ0v) is 16.4. The third-order valence-electron chi connectivity index (χ3n) is 6.88. The van der Waals surface area contributed by atoms with E-state index < -0.39 is 0 Å². The molecule has 1 N–H and O–H groups in total. The molecule has 4 nitrogen and oxygen atoms in total. The number of halogens is 1. The third-order valence-corrected chi connectivity index (χ3v) is 6.88. The number of amides is 2. The Kier molecular flexibility index (Phi) is 5.67. The van der Waals surface area contributed by atoms with E-state index in [2.05, 4.69) is 17.1 Å². The normalized spacial score (nSPS) is 28.4. The lowest BCUT2D eigenvalue weighted by molar-refractivity contribution is 0.110. The zero-order chi connectivity index (χ0) is 18.8. The van der Waals surface area contributed by atoms with Gasteiger partial charge in [-0.1, -0.05) is 13.3 Å². The molecule has 0 spiro atoms. The number of benzene rings is 1. The molecule has 0 aromatic heterocycles. The predicted octanol–water partition coefficient (Wildman–Crippen LogP) is 4.40. The average Bonchev–Trinajstić information content (AvgIpc) is 3.32. The smallest absolute Gasteiger partial charge is 0.322 e. The average molecular weight is 374 g/mol. The van der Waals surface area contributed by atoms with Crippen LogP contribution in [0, 0.1) is 17.7 Å². The molecule has 2 aliphatic carbocycles. The molecule has 3 aliphatic rings. The molecule has 27 heavy (non-hydrogen) atoms. The maximum absolute atomic E-state index is 13.4. The van der Waals surface area contributed by atoms with Gasteiger partial charge in [0.25, 0.3) is 0 Å². The number of hydrogen-bond acceptors (Lipinski definition) is 2. The first-order valence-corrected chi connectivity index (χ1v) is 10.7. The molecular weight excluding hydrogens is 341 g/mol. The van der Waals surface area contributed by atoms with E-state index in [1.54, 1.807) is 12.1 Å². The van der Waals surface area contributed by atoms with E-state index >= 15 is 0 Å². The van der Waals surface area contributed by atoms with E-state index in [0.717, 1.165) is 55.9 Å². The Morgan fingerprint density at radius 2 is 1.89 bits per heavy atom. The minimum absolute atomic E-state index is 0.0539. The minimum atomic E-state index is -0.265. The Balaban J connectivity index is 1.43. The van der Waals surface area contributed by atoms with Crippen molar-refractivity contribution in [3.05, 3.63) is 30.1 Å². The molecule has 1 aromatic carbocycles. The number of piperidine rings is 1. The van der Waals surface area contributed by atoms with E-state index in [1.165, 1.54) is 37.8 Å². The van der Waals surface area contributed by atoms with Crippen molar-refractivity contribution in [2.75, 3.05) is 24.5 Å². The molecular formula is C22H32FN3O. The summed E-state index contributed by atoms with van der Waals surface area (Å²) in [5.41, 5.74) is 0.795. The van der Waals surface area contributed by atoms with Gasteiger partial charge in [-0.25, -0.2) is 9.18 Å². The van der Waals surface area contributed by atoms with Gasteiger partial charge in [0, 0.05) is 37.4 Å². The van der Waals surface area contributed by atoms with Crippen molar-refractivity contribution in [3.8, 4) is 0 Å². The highest BCUT2D eigenvalue weighted by Crippen LogP contribution is 2.47. The summed E-state index contributed by atoms with van der Waals surface area (Å²) in [6, 6.07) is 7.24. The number of carbonyl (C=O) groups is 1. The molecule has 3 unspecified atom stereocenters. The van der Waals surface area contributed by atoms with E-state index in [1.807, 2.05) is 4.90 Å². The number of hydrogen-bond donors (Lipinski definition) is 1. The summed E-state index contributed by atoms with van der Waals surface area (Å²) in [7, 11) is 0. The maximum atomic E-state index is 13.4. The SMILES string of the molecule is CCCNC(=O)N(c1ccc(F)cc1)C1CCN(C2CC3CCC2C3)CC1. The zero-order valence-electron chi connectivity index (χ0n) is 16.4. The van der Waals surface area contributed by atoms with E-state index in [9.17, 15) is 9.18 Å². The summed E-state index contributed by atoms with van der Waals surface area (Å²) in [5, 5.41) is 3.01. The van der Waals surface area contributed by atoms with Crippen molar-refractivity contribution >= 4 is 11.7 Å². The number of nitrogens with zero attached hydrogens (tertiary/aromatic N) is 2. The van der Waals surface area contributed by atoms with Crippen molar-refractivity contribution in [1.29, 1.82) is 0 Å². The van der Waals surface area contributed by atoms with Crippen LogP contribution in [0.1, 0.15) is 51.9 Å². The summed E-state index contributed by atoms with van der Waals surface area (Å²) < 4.78 is 13.4. The maximum Gasteiger partial charge on any atom is 0.322 e. The van der Waals surface area contributed by atoms with Crippen LogP contribution >= 0.6 is 0 Å². The van der Waals surface area contributed by atoms with Crippen molar-refractivity contribution in [3.63, 3.8) is 0 Å². The fourth-order valence-electron chi connectivity index (χ4n) is 5.55. The van der Waals surface area contributed by atoms with Gasteiger partial charge in [-0.05, 0) is 74.6 Å². The molecule has 2 amide bonds. The Morgan fingerprint density at radius 1 is 1.15 bits per heavy atom. The first-order chi connectivity index (χ1) is 13.2. The molecule has 4 rings (SSSR count). The molecule has 1 aliphatic heterocycles. The first-order valence-electron chi connectivity index (χ1n) is 10.7. The van der Waals surface area contributed by atoms with E-state index in [0.29, 0.717) is 6.54 Å². The Morgan fingerprint density at radius 3 is 2.48 bits per heavy atom. The van der Waals surface area contributed by atoms with Gasteiger partial charge in [-0.15, -0.1) is 0 Å². The number of fused-ring (bicyclic) bond motifs is 2. The van der Waals surface area contributed by atoms with Gasteiger partial charge >= 0.3 is 6.03 Å². The number of rotatable bonds is 5. The van der Waals surface area contributed by atoms with Gasteiger partial charge in [-0.3, -0.25) is 9.80 Å². The molecule has 0 radical (unpaired) electrons. The van der Waals surface area contributed by atoms with Gasteiger partial charge < -0.3 is 5.32 Å². The number of carbonyl (C=O) groups excluding carboxylic acids is 1. The third kappa shape index (κ3) is 3.98. The van der Waals surface area contributed by atoms with Gasteiger partial charge in [0.05, 0.1) is 0 Å². The Hall–Kier alpha value is -1.62. The quantitative estimate of drug-likeness (QED) is 0.830. The van der Waals surface area contributed by atoms with Crippen LogP contribution in [0.2, 0.25) is 0 Å². The van der Waals surface area contributed by atoms with Crippen LogP contribution in [0.5, 0.6) is 0 Å². The monoisotopic (exact) mass is 373 g/mol. The number of nitrogens with one attached hydrogen (secondary N) is 1. The number of urea groups is 1. The molecule has 3 atom stereocenters. The molecule has 1 aromatic rings. The Labute approximate surface area is 162 Å². The summed E-state index contributed by atoms with van der Waals surface area (Å²) >= 11 is 0. The van der Waals surface area contributed by atoms with Crippen LogP contribution in [-0.2, 0) is 0 Å². The minimum Gasteiger partial charge on any atom is -0.338 e. The summed E-state index contributed by atoms with van der Waals surface area (Å²) in [6.07, 6.45) is 8.56. The van der Waals surface area contributed by atoms with Crippen LogP contribution in [-0.4, -0.2) is 42.6 Å². The predicted molar refractivity (Wildman–Crippen MR) is 106 cm³/mol. The van der Waals surface area contributed by atoms with Gasteiger partial charge in [-0.2, -0.15) is 0 Å². The van der Waals surface area contributed by atoms with Gasteiger partial charge in [0.15, 0.2) is 0 Å². The highest BCUT2D eigenvalue weighted by atomic mass is 19.1. The summed E-state index contributed by atoms with van der Waals surface area (Å²) in [5.74, 6) is 1.61. The van der Waals surface area contributed by atoms with Crippen LogP contribution in [0.4, 0.5) is 14.9 Å². The highest BCUT2D eigenvalue weighted by molar-refractivity contribution is 5.92. The Bertz CT molecular complexity index is 641. The lowest BCUT2D eigenvalue weighted by Crippen LogP contribution is -2.53. The molecule has 3 fully saturated rings. The first kappa shape index (κ1) is 18.7. The van der Waals surface area contributed by atoms with Crippen molar-refractivity contribution in [1.82, 2.24) is 10.2 Å². The molecule has 148 valence electrons. The van der Waals surface area contributed by atoms with E-state index in [4.69, 9.17) is 0 Å². The van der Waals surface area contributed by atoms with E-state index in [-0.39, 0.29) is 17.9 Å². The molecule has 2 bridgehead atoms. The molecule has 5 heteroatoms. The van der Waals surface area contributed by atoms with Crippen LogP contribution < -0.4 is 10.2 Å². The second-order valence-corrected chi connectivity index (χ2v) is 8.59. The largest absolute Gasteiger partial charge is 0.338 e. The van der Waals surface area contributed by atoms with Crippen LogP contribution in [0.15, 0.2) is 24.3 Å². The standard InChI is InChI=1S/C22H32FN3O/c1-2-11-24-22(27)26(19-7-5-18(23)6-8-19)20-9-12-25(13-10-20)21-15-16-3-4-17(21)14-16/h5-8,16-17,20-21H,2-4,9-15H2,1H3,(H,24,27). The van der Waals surface area contributed by atoms with Gasteiger partial charge in [0.2, 0.25) is 0 Å². The van der Waals surface area contributed by atoms with Crippen LogP contribution in [0.25, 0.3) is 0 Å².